The van der Waals surface area contributed by atoms with Crippen LogP contribution in [0, 0.1) is 12.7 Å². The Hall–Kier alpha value is -3.22. The van der Waals surface area contributed by atoms with E-state index in [1.807, 2.05) is 13.0 Å². The molecule has 3 heterocycles. The molecule has 0 saturated carbocycles. The fourth-order valence-electron chi connectivity index (χ4n) is 3.12. The van der Waals surface area contributed by atoms with Crippen molar-refractivity contribution < 1.29 is 9.13 Å². The van der Waals surface area contributed by atoms with Gasteiger partial charge in [-0.25, -0.2) is 9.37 Å². The molecule has 1 aliphatic heterocycles. The number of aryl methyl sites for hydroxylation is 1. The third-order valence-corrected chi connectivity index (χ3v) is 4.47. The van der Waals surface area contributed by atoms with Crippen molar-refractivity contribution in [1.82, 2.24) is 15.0 Å². The number of nitrogens with one attached hydrogen (secondary N) is 2. The van der Waals surface area contributed by atoms with E-state index < -0.39 is 0 Å². The van der Waals surface area contributed by atoms with E-state index in [9.17, 15) is 9.18 Å². The van der Waals surface area contributed by atoms with Gasteiger partial charge in [0.15, 0.2) is 0 Å². The van der Waals surface area contributed by atoms with Crippen LogP contribution >= 0.6 is 0 Å². The summed E-state index contributed by atoms with van der Waals surface area (Å²) in [4.78, 5) is 23.5. The van der Waals surface area contributed by atoms with Gasteiger partial charge in [-0.1, -0.05) is 6.07 Å². The van der Waals surface area contributed by atoms with Crippen molar-refractivity contribution in [3.8, 4) is 16.9 Å². The summed E-state index contributed by atoms with van der Waals surface area (Å²) >= 11 is 0. The van der Waals surface area contributed by atoms with E-state index in [0.717, 1.165) is 16.8 Å². The van der Waals surface area contributed by atoms with Gasteiger partial charge in [-0.05, 0) is 25.1 Å². The molecule has 2 aromatic heterocycles. The van der Waals surface area contributed by atoms with E-state index in [-0.39, 0.29) is 23.9 Å². The van der Waals surface area contributed by atoms with Gasteiger partial charge in [0.1, 0.15) is 11.6 Å². The SMILES string of the molecule is Cc1ncccc1-c1cnc(NCc2c(F)ccc3c2CCO3)[nH]c1=O. The Bertz CT molecular complexity index is 1030. The molecule has 1 aromatic carbocycles. The first-order valence-electron chi connectivity index (χ1n) is 8.31. The topological polar surface area (TPSA) is 79.9 Å². The number of hydrogen-bond acceptors (Lipinski definition) is 5. The molecule has 0 fully saturated rings. The minimum atomic E-state index is -0.299. The highest BCUT2D eigenvalue weighted by molar-refractivity contribution is 5.64. The highest BCUT2D eigenvalue weighted by atomic mass is 19.1. The Balaban J connectivity index is 1.58. The number of pyridine rings is 1. The summed E-state index contributed by atoms with van der Waals surface area (Å²) in [5.74, 6) is 0.704. The largest absolute Gasteiger partial charge is 0.493 e. The van der Waals surface area contributed by atoms with E-state index in [2.05, 4.69) is 20.3 Å². The van der Waals surface area contributed by atoms with Gasteiger partial charge in [0.25, 0.3) is 5.56 Å². The second kappa shape index (κ2) is 6.59. The van der Waals surface area contributed by atoms with Gasteiger partial charge in [0, 0.05) is 47.7 Å². The third kappa shape index (κ3) is 2.92. The summed E-state index contributed by atoms with van der Waals surface area (Å²) in [6.07, 6.45) is 3.85. The standard InChI is InChI=1S/C19H17FN4O2/c1-11-12(3-2-7-21-11)15-10-23-19(24-18(15)25)22-9-14-13-6-8-26-17(13)5-4-16(14)20/h2-5,7,10H,6,8-9H2,1H3,(H2,22,23,24,25). The zero-order valence-corrected chi connectivity index (χ0v) is 14.2. The molecule has 2 N–H and O–H groups in total. The predicted molar refractivity (Wildman–Crippen MR) is 95.8 cm³/mol. The van der Waals surface area contributed by atoms with Crippen LogP contribution in [-0.4, -0.2) is 21.6 Å². The molecule has 0 radical (unpaired) electrons. The Morgan fingerprint density at radius 2 is 2.15 bits per heavy atom. The average Bonchev–Trinajstić information content (AvgIpc) is 3.11. The Kier molecular flexibility index (Phi) is 4.12. The Morgan fingerprint density at radius 1 is 1.27 bits per heavy atom. The van der Waals surface area contributed by atoms with Crippen LogP contribution in [0.3, 0.4) is 0 Å². The van der Waals surface area contributed by atoms with Crippen LogP contribution in [-0.2, 0) is 13.0 Å². The van der Waals surface area contributed by atoms with Crippen molar-refractivity contribution in [2.45, 2.75) is 19.9 Å². The van der Waals surface area contributed by atoms with E-state index >= 15 is 0 Å². The predicted octanol–water partition coefficient (Wildman–Crippen LogP) is 2.83. The monoisotopic (exact) mass is 352 g/mol. The van der Waals surface area contributed by atoms with Crippen molar-refractivity contribution >= 4 is 5.95 Å². The minimum absolute atomic E-state index is 0.215. The summed E-state index contributed by atoms with van der Waals surface area (Å²) in [5, 5.41) is 2.99. The molecule has 7 heteroatoms. The summed E-state index contributed by atoms with van der Waals surface area (Å²) in [6, 6.07) is 6.64. The first-order valence-corrected chi connectivity index (χ1v) is 8.31. The lowest BCUT2D eigenvalue weighted by Crippen LogP contribution is -2.15. The number of rotatable bonds is 4. The molecular weight excluding hydrogens is 335 g/mol. The second-order valence-corrected chi connectivity index (χ2v) is 6.07. The fraction of sp³-hybridized carbons (Fsp3) is 0.211. The van der Waals surface area contributed by atoms with Crippen LogP contribution in [0.4, 0.5) is 10.3 Å². The zero-order chi connectivity index (χ0) is 18.1. The fourth-order valence-corrected chi connectivity index (χ4v) is 3.12. The average molecular weight is 352 g/mol. The van der Waals surface area contributed by atoms with Gasteiger partial charge >= 0.3 is 0 Å². The van der Waals surface area contributed by atoms with Crippen LogP contribution in [0.1, 0.15) is 16.8 Å². The molecule has 0 atom stereocenters. The first-order chi connectivity index (χ1) is 12.6. The molecule has 26 heavy (non-hydrogen) atoms. The van der Waals surface area contributed by atoms with Crippen molar-refractivity contribution in [3.63, 3.8) is 0 Å². The quantitative estimate of drug-likeness (QED) is 0.755. The highest BCUT2D eigenvalue weighted by Gasteiger charge is 2.19. The van der Waals surface area contributed by atoms with E-state index in [1.165, 1.54) is 12.3 Å². The number of halogens is 1. The minimum Gasteiger partial charge on any atom is -0.493 e. The van der Waals surface area contributed by atoms with Crippen LogP contribution in [0.15, 0.2) is 41.5 Å². The molecule has 0 amide bonds. The van der Waals surface area contributed by atoms with Gasteiger partial charge in [0.05, 0.1) is 12.2 Å². The van der Waals surface area contributed by atoms with Crippen LogP contribution in [0.5, 0.6) is 5.75 Å². The van der Waals surface area contributed by atoms with E-state index in [4.69, 9.17) is 4.74 Å². The normalized spacial score (nSPS) is 12.5. The number of ether oxygens (including phenoxy) is 1. The van der Waals surface area contributed by atoms with E-state index in [1.54, 1.807) is 18.3 Å². The highest BCUT2D eigenvalue weighted by Crippen LogP contribution is 2.30. The van der Waals surface area contributed by atoms with Gasteiger partial charge in [0.2, 0.25) is 5.95 Å². The smallest absolute Gasteiger partial charge is 0.260 e. The number of nitrogens with zero attached hydrogens (tertiary/aromatic N) is 2. The summed E-state index contributed by atoms with van der Waals surface area (Å²) in [6.45, 7) is 2.61. The maximum Gasteiger partial charge on any atom is 0.260 e. The number of H-pyrrole nitrogens is 1. The molecule has 0 bridgehead atoms. The molecule has 0 spiro atoms. The number of fused-ring (bicyclic) bond motifs is 1. The van der Waals surface area contributed by atoms with Crippen molar-refractivity contribution in [3.05, 3.63) is 69.7 Å². The molecule has 132 valence electrons. The lowest BCUT2D eigenvalue weighted by atomic mass is 10.0. The number of aromatic nitrogens is 3. The molecule has 3 aromatic rings. The zero-order valence-electron chi connectivity index (χ0n) is 14.2. The summed E-state index contributed by atoms with van der Waals surface area (Å²) in [7, 11) is 0. The maximum atomic E-state index is 14.2. The Morgan fingerprint density at radius 3 is 2.96 bits per heavy atom. The first kappa shape index (κ1) is 16.3. The number of benzene rings is 1. The van der Waals surface area contributed by atoms with Crippen LogP contribution < -0.4 is 15.6 Å². The van der Waals surface area contributed by atoms with Gasteiger partial charge in [-0.2, -0.15) is 0 Å². The molecule has 1 aliphatic rings. The van der Waals surface area contributed by atoms with Crippen LogP contribution in [0.25, 0.3) is 11.1 Å². The van der Waals surface area contributed by atoms with Gasteiger partial charge in [-0.15, -0.1) is 0 Å². The number of anilines is 1. The molecule has 0 saturated heterocycles. The van der Waals surface area contributed by atoms with Gasteiger partial charge in [-0.3, -0.25) is 14.8 Å². The van der Waals surface area contributed by atoms with E-state index in [0.29, 0.717) is 29.9 Å². The maximum absolute atomic E-state index is 14.2. The summed E-state index contributed by atoms with van der Waals surface area (Å²) < 4.78 is 19.6. The molecule has 0 unspecified atom stereocenters. The van der Waals surface area contributed by atoms with Crippen molar-refractivity contribution in [1.29, 1.82) is 0 Å². The summed E-state index contributed by atoms with van der Waals surface area (Å²) in [5.41, 5.74) is 3.05. The number of hydrogen-bond donors (Lipinski definition) is 2. The molecule has 6 nitrogen and oxygen atoms in total. The molecular formula is C19H17FN4O2. The Labute approximate surface area is 149 Å². The number of aromatic amines is 1. The van der Waals surface area contributed by atoms with Crippen molar-refractivity contribution in [2.24, 2.45) is 0 Å². The van der Waals surface area contributed by atoms with Crippen LogP contribution in [0.2, 0.25) is 0 Å². The lowest BCUT2D eigenvalue weighted by molar-refractivity contribution is 0.356. The van der Waals surface area contributed by atoms with Crippen molar-refractivity contribution in [2.75, 3.05) is 11.9 Å². The lowest BCUT2D eigenvalue weighted by Gasteiger charge is -2.11. The third-order valence-electron chi connectivity index (χ3n) is 4.47. The second-order valence-electron chi connectivity index (χ2n) is 6.07. The molecule has 0 aliphatic carbocycles. The molecule has 4 rings (SSSR count). The van der Waals surface area contributed by atoms with Gasteiger partial charge < -0.3 is 10.1 Å².